The lowest BCUT2D eigenvalue weighted by atomic mass is 10.1. The molecule has 0 aliphatic heterocycles. The number of aryl methyl sites for hydroxylation is 2. The molecule has 3 nitrogen and oxygen atoms in total. The minimum absolute atomic E-state index is 0.0107. The van der Waals surface area contributed by atoms with Crippen LogP contribution in [0.1, 0.15) is 39.1 Å². The fraction of sp³-hybridized carbons (Fsp3) is 0.769. The second-order valence-corrected chi connectivity index (χ2v) is 5.37. The molecule has 0 saturated heterocycles. The maximum absolute atomic E-state index is 6.00. The number of aromatic nitrogens is 2. The van der Waals surface area contributed by atoms with E-state index in [-0.39, 0.29) is 5.54 Å². The van der Waals surface area contributed by atoms with Gasteiger partial charge < -0.3 is 0 Å². The van der Waals surface area contributed by atoms with Gasteiger partial charge in [0, 0.05) is 24.5 Å². The van der Waals surface area contributed by atoms with Crippen LogP contribution in [-0.4, -0.2) is 33.1 Å². The molecule has 1 aromatic heterocycles. The van der Waals surface area contributed by atoms with E-state index in [1.807, 2.05) is 0 Å². The standard InChI is InChI=1S/C13H24ClN3/c1-6-11-8-12(17(7-2)15-11)9-16(5)13(3,4)10-14/h8H,6-7,9-10H2,1-5H3. The zero-order valence-corrected chi connectivity index (χ0v) is 12.4. The highest BCUT2D eigenvalue weighted by atomic mass is 35.5. The van der Waals surface area contributed by atoms with Crippen LogP contribution in [0.3, 0.4) is 0 Å². The van der Waals surface area contributed by atoms with Crippen molar-refractivity contribution < 1.29 is 0 Å². The van der Waals surface area contributed by atoms with Crippen molar-refractivity contribution in [1.29, 1.82) is 0 Å². The van der Waals surface area contributed by atoms with Gasteiger partial charge in [-0.25, -0.2) is 0 Å². The predicted octanol–water partition coefficient (Wildman–Crippen LogP) is 2.91. The molecule has 0 fully saturated rings. The first kappa shape index (κ1) is 14.5. The maximum Gasteiger partial charge on any atom is 0.0625 e. The van der Waals surface area contributed by atoms with Crippen LogP contribution >= 0.6 is 11.6 Å². The summed E-state index contributed by atoms with van der Waals surface area (Å²) in [5, 5.41) is 4.57. The Bertz CT molecular complexity index is 358. The Morgan fingerprint density at radius 2 is 2.06 bits per heavy atom. The molecule has 0 N–H and O–H groups in total. The Labute approximate surface area is 110 Å². The molecule has 1 heterocycles. The van der Waals surface area contributed by atoms with E-state index in [1.165, 1.54) is 11.4 Å². The summed E-state index contributed by atoms with van der Waals surface area (Å²) in [4.78, 5) is 2.28. The molecule has 98 valence electrons. The molecule has 0 aromatic carbocycles. The zero-order chi connectivity index (χ0) is 13.1. The van der Waals surface area contributed by atoms with Crippen LogP contribution in [0, 0.1) is 0 Å². The molecule has 4 heteroatoms. The van der Waals surface area contributed by atoms with E-state index in [0.29, 0.717) is 5.88 Å². The fourth-order valence-corrected chi connectivity index (χ4v) is 1.85. The molecule has 0 bridgehead atoms. The largest absolute Gasteiger partial charge is 0.294 e. The second kappa shape index (κ2) is 5.87. The fourth-order valence-electron chi connectivity index (χ4n) is 1.65. The summed E-state index contributed by atoms with van der Waals surface area (Å²) in [7, 11) is 2.11. The molecule has 0 aliphatic carbocycles. The molecule has 0 unspecified atom stereocenters. The number of rotatable bonds is 6. The van der Waals surface area contributed by atoms with E-state index in [9.17, 15) is 0 Å². The quantitative estimate of drug-likeness (QED) is 0.731. The Morgan fingerprint density at radius 1 is 1.41 bits per heavy atom. The van der Waals surface area contributed by atoms with E-state index < -0.39 is 0 Å². The lowest BCUT2D eigenvalue weighted by molar-refractivity contribution is 0.166. The van der Waals surface area contributed by atoms with Crippen LogP contribution in [0.5, 0.6) is 0 Å². The Hall–Kier alpha value is -0.540. The van der Waals surface area contributed by atoms with Gasteiger partial charge >= 0.3 is 0 Å². The van der Waals surface area contributed by atoms with Crippen LogP contribution in [0.15, 0.2) is 6.07 Å². The molecule has 0 amide bonds. The summed E-state index contributed by atoms with van der Waals surface area (Å²) < 4.78 is 2.08. The van der Waals surface area contributed by atoms with Crippen molar-refractivity contribution >= 4 is 11.6 Å². The highest BCUT2D eigenvalue weighted by Gasteiger charge is 2.23. The lowest BCUT2D eigenvalue weighted by Gasteiger charge is -2.33. The van der Waals surface area contributed by atoms with Crippen LogP contribution in [0.2, 0.25) is 0 Å². The van der Waals surface area contributed by atoms with Gasteiger partial charge in [0.25, 0.3) is 0 Å². The lowest BCUT2D eigenvalue weighted by Crippen LogP contribution is -2.42. The molecule has 1 aromatic rings. The summed E-state index contributed by atoms with van der Waals surface area (Å²) in [6.45, 7) is 10.4. The molecule has 0 radical (unpaired) electrons. The van der Waals surface area contributed by atoms with Crippen molar-refractivity contribution in [2.45, 2.75) is 52.7 Å². The van der Waals surface area contributed by atoms with Gasteiger partial charge in [-0.1, -0.05) is 6.92 Å². The average molecular weight is 258 g/mol. The number of hydrogen-bond donors (Lipinski definition) is 0. The van der Waals surface area contributed by atoms with Crippen LogP contribution in [0.25, 0.3) is 0 Å². The van der Waals surface area contributed by atoms with Crippen molar-refractivity contribution in [1.82, 2.24) is 14.7 Å². The maximum atomic E-state index is 6.00. The molecule has 0 atom stereocenters. The first-order chi connectivity index (χ1) is 7.94. The third kappa shape index (κ3) is 3.46. The van der Waals surface area contributed by atoms with Crippen molar-refractivity contribution in [3.8, 4) is 0 Å². The summed E-state index contributed by atoms with van der Waals surface area (Å²) in [6.07, 6.45) is 0.989. The molecule has 17 heavy (non-hydrogen) atoms. The summed E-state index contributed by atoms with van der Waals surface area (Å²) in [6, 6.07) is 2.20. The number of alkyl halides is 1. The predicted molar refractivity (Wildman–Crippen MR) is 73.5 cm³/mol. The van der Waals surface area contributed by atoms with Crippen LogP contribution < -0.4 is 0 Å². The van der Waals surface area contributed by atoms with E-state index >= 15 is 0 Å². The van der Waals surface area contributed by atoms with E-state index in [0.717, 1.165) is 19.5 Å². The first-order valence-electron chi connectivity index (χ1n) is 6.27. The van der Waals surface area contributed by atoms with Gasteiger partial charge in [0.05, 0.1) is 11.4 Å². The molecule has 0 saturated carbocycles. The number of halogens is 1. The summed E-state index contributed by atoms with van der Waals surface area (Å²) in [5.41, 5.74) is 2.44. The third-order valence-corrected chi connectivity index (χ3v) is 3.99. The second-order valence-electron chi connectivity index (χ2n) is 5.10. The van der Waals surface area contributed by atoms with Gasteiger partial charge in [-0.3, -0.25) is 9.58 Å². The monoisotopic (exact) mass is 257 g/mol. The molecular formula is C13H24ClN3. The van der Waals surface area contributed by atoms with Crippen molar-refractivity contribution in [3.63, 3.8) is 0 Å². The van der Waals surface area contributed by atoms with Crippen molar-refractivity contribution in [3.05, 3.63) is 17.5 Å². The summed E-state index contributed by atoms with van der Waals surface area (Å²) >= 11 is 6.00. The minimum Gasteiger partial charge on any atom is -0.294 e. The van der Waals surface area contributed by atoms with E-state index in [2.05, 4.69) is 55.5 Å². The molecule has 0 spiro atoms. The van der Waals surface area contributed by atoms with Gasteiger partial charge in [-0.15, -0.1) is 11.6 Å². The number of nitrogens with zero attached hydrogens (tertiary/aromatic N) is 3. The Balaban J connectivity index is 2.83. The number of hydrogen-bond acceptors (Lipinski definition) is 2. The van der Waals surface area contributed by atoms with E-state index in [4.69, 9.17) is 11.6 Å². The highest BCUT2D eigenvalue weighted by Crippen LogP contribution is 2.18. The van der Waals surface area contributed by atoms with Gasteiger partial charge in [-0.2, -0.15) is 5.10 Å². The van der Waals surface area contributed by atoms with E-state index in [1.54, 1.807) is 0 Å². The minimum atomic E-state index is 0.0107. The van der Waals surface area contributed by atoms with Gasteiger partial charge in [0.15, 0.2) is 0 Å². The first-order valence-corrected chi connectivity index (χ1v) is 6.80. The SMILES string of the molecule is CCc1cc(CN(C)C(C)(C)CCl)n(CC)n1. The van der Waals surface area contributed by atoms with Crippen LogP contribution in [-0.2, 0) is 19.5 Å². The van der Waals surface area contributed by atoms with Gasteiger partial charge in [0.2, 0.25) is 0 Å². The molecule has 1 rings (SSSR count). The zero-order valence-electron chi connectivity index (χ0n) is 11.6. The van der Waals surface area contributed by atoms with Gasteiger partial charge in [-0.05, 0) is 40.3 Å². The van der Waals surface area contributed by atoms with Crippen molar-refractivity contribution in [2.75, 3.05) is 12.9 Å². The molecule has 0 aliphatic rings. The summed E-state index contributed by atoms with van der Waals surface area (Å²) in [5.74, 6) is 0.629. The average Bonchev–Trinajstić information content (AvgIpc) is 2.71. The highest BCUT2D eigenvalue weighted by molar-refractivity contribution is 6.18. The topological polar surface area (TPSA) is 21.1 Å². The third-order valence-electron chi connectivity index (χ3n) is 3.34. The molecular weight excluding hydrogens is 234 g/mol. The van der Waals surface area contributed by atoms with Gasteiger partial charge in [0.1, 0.15) is 0 Å². The Kier molecular flexibility index (Phi) is 5.02. The smallest absolute Gasteiger partial charge is 0.0625 e. The van der Waals surface area contributed by atoms with Crippen LogP contribution in [0.4, 0.5) is 0 Å². The normalized spacial score (nSPS) is 12.4. The Morgan fingerprint density at radius 3 is 2.53 bits per heavy atom. The van der Waals surface area contributed by atoms with Crippen molar-refractivity contribution in [2.24, 2.45) is 0 Å².